The van der Waals surface area contributed by atoms with Gasteiger partial charge in [0.25, 0.3) is 5.91 Å². The van der Waals surface area contributed by atoms with Crippen LogP contribution in [-0.4, -0.2) is 45.3 Å². The van der Waals surface area contributed by atoms with E-state index < -0.39 is 18.0 Å². The third-order valence-electron chi connectivity index (χ3n) is 4.74. The van der Waals surface area contributed by atoms with Crippen LogP contribution in [0.1, 0.15) is 24.4 Å². The Hall–Kier alpha value is -3.62. The van der Waals surface area contributed by atoms with Crippen molar-refractivity contribution in [3.63, 3.8) is 0 Å². The van der Waals surface area contributed by atoms with Gasteiger partial charge in [0.1, 0.15) is 17.6 Å². The molecule has 0 saturated carbocycles. The largest absolute Gasteiger partial charge is 0.467 e. The van der Waals surface area contributed by atoms with Crippen LogP contribution in [0.4, 0.5) is 4.79 Å². The monoisotopic (exact) mass is 395 g/mol. The van der Waals surface area contributed by atoms with Gasteiger partial charge in [-0.15, -0.1) is 0 Å². The Morgan fingerprint density at radius 3 is 2.86 bits per heavy atom. The van der Waals surface area contributed by atoms with Crippen LogP contribution in [0.2, 0.25) is 0 Å². The summed E-state index contributed by atoms with van der Waals surface area (Å²) in [5.41, 5.74) is 1.90. The third kappa shape index (κ3) is 4.29. The Bertz CT molecular complexity index is 994. The van der Waals surface area contributed by atoms with Gasteiger partial charge in [-0.2, -0.15) is 0 Å². The van der Waals surface area contributed by atoms with Gasteiger partial charge in [0.15, 0.2) is 0 Å². The Balaban J connectivity index is 1.21. The number of para-hydroxylation sites is 2. The normalized spacial score (nSPS) is 16.4. The van der Waals surface area contributed by atoms with Crippen LogP contribution in [0.25, 0.3) is 11.0 Å². The second kappa shape index (κ2) is 8.17. The molecule has 1 saturated heterocycles. The third-order valence-corrected chi connectivity index (χ3v) is 4.74. The van der Waals surface area contributed by atoms with Crippen molar-refractivity contribution in [2.45, 2.75) is 31.8 Å². The van der Waals surface area contributed by atoms with Gasteiger partial charge in [0.2, 0.25) is 5.91 Å². The first-order valence-electron chi connectivity index (χ1n) is 9.45. The molecule has 1 atom stereocenters. The number of aromatic nitrogens is 2. The van der Waals surface area contributed by atoms with E-state index >= 15 is 0 Å². The highest BCUT2D eigenvalue weighted by atomic mass is 16.3. The van der Waals surface area contributed by atoms with Crippen molar-refractivity contribution in [2.24, 2.45) is 0 Å². The molecule has 4 amide bonds. The Morgan fingerprint density at radius 1 is 1.21 bits per heavy atom. The summed E-state index contributed by atoms with van der Waals surface area (Å²) in [6.07, 6.45) is 2.79. The van der Waals surface area contributed by atoms with Gasteiger partial charge in [0.05, 0.1) is 30.3 Å². The molecule has 0 bridgehead atoms. The molecule has 4 rings (SSSR count). The number of carbonyl (C=O) groups excluding carboxylic acids is 3. The zero-order valence-corrected chi connectivity index (χ0v) is 15.7. The van der Waals surface area contributed by atoms with Crippen molar-refractivity contribution >= 4 is 28.9 Å². The number of fused-ring (bicyclic) bond motifs is 1. The van der Waals surface area contributed by atoms with Gasteiger partial charge in [-0.1, -0.05) is 12.1 Å². The molecule has 3 aromatic rings. The van der Waals surface area contributed by atoms with E-state index in [1.807, 2.05) is 24.3 Å². The summed E-state index contributed by atoms with van der Waals surface area (Å²) in [6, 6.07) is 9.79. The molecule has 0 unspecified atom stereocenters. The lowest BCUT2D eigenvalue weighted by molar-refractivity contribution is -0.131. The number of urea groups is 1. The predicted octanol–water partition coefficient (Wildman–Crippen LogP) is 1.72. The number of amides is 4. The number of aryl methyl sites for hydroxylation is 1. The minimum absolute atomic E-state index is 0.0489. The van der Waals surface area contributed by atoms with Gasteiger partial charge in [-0.05, 0) is 30.7 Å². The van der Waals surface area contributed by atoms with Crippen LogP contribution in [0.5, 0.6) is 0 Å². The number of nitrogens with zero attached hydrogens (tertiary/aromatic N) is 2. The highest BCUT2D eigenvalue weighted by Crippen LogP contribution is 2.14. The summed E-state index contributed by atoms with van der Waals surface area (Å²) >= 11 is 0. The maximum atomic E-state index is 12.4. The molecule has 9 nitrogen and oxygen atoms in total. The maximum Gasteiger partial charge on any atom is 0.325 e. The molecule has 1 aliphatic rings. The van der Waals surface area contributed by atoms with Crippen molar-refractivity contribution in [3.8, 4) is 0 Å². The summed E-state index contributed by atoms with van der Waals surface area (Å²) in [7, 11) is 0. The molecule has 0 aliphatic carbocycles. The SMILES string of the molecule is O=C(C[C@H]1NC(=O)N(Cc2ccco2)C1=O)NCCCc1nc2ccccc2[nH]1. The molecule has 9 heteroatoms. The number of hydrogen-bond acceptors (Lipinski definition) is 5. The van der Waals surface area contributed by atoms with E-state index in [2.05, 4.69) is 20.6 Å². The first-order valence-corrected chi connectivity index (χ1v) is 9.45. The molecule has 29 heavy (non-hydrogen) atoms. The standard InChI is InChI=1S/C20H21N5O4/c26-18(21-9-3-8-17-22-14-6-1-2-7-15(14)23-17)11-16-19(27)25(20(28)24-16)12-13-5-4-10-29-13/h1-2,4-7,10,16H,3,8-9,11-12H2,(H,21,26)(H,22,23)(H,24,28)/t16-/m1/s1. The van der Waals surface area contributed by atoms with Crippen molar-refractivity contribution in [1.29, 1.82) is 0 Å². The van der Waals surface area contributed by atoms with E-state index in [1.165, 1.54) is 6.26 Å². The number of aromatic amines is 1. The molecular formula is C20H21N5O4. The van der Waals surface area contributed by atoms with Crippen LogP contribution in [0, 0.1) is 0 Å². The van der Waals surface area contributed by atoms with Crippen molar-refractivity contribution < 1.29 is 18.8 Å². The minimum atomic E-state index is -0.854. The second-order valence-electron chi connectivity index (χ2n) is 6.86. The number of imide groups is 1. The van der Waals surface area contributed by atoms with Crippen molar-refractivity contribution in [1.82, 2.24) is 25.5 Å². The maximum absolute atomic E-state index is 12.4. The molecule has 150 valence electrons. The highest BCUT2D eigenvalue weighted by Gasteiger charge is 2.39. The molecule has 2 aromatic heterocycles. The first kappa shape index (κ1) is 18.7. The van der Waals surface area contributed by atoms with Crippen LogP contribution < -0.4 is 10.6 Å². The van der Waals surface area contributed by atoms with E-state index in [4.69, 9.17) is 4.42 Å². The Labute approximate surface area is 166 Å². The Kier molecular flexibility index (Phi) is 5.28. The van der Waals surface area contributed by atoms with Crippen LogP contribution in [0.3, 0.4) is 0 Å². The first-order chi connectivity index (χ1) is 14.1. The molecule has 3 N–H and O–H groups in total. The molecule has 1 fully saturated rings. The lowest BCUT2D eigenvalue weighted by Crippen LogP contribution is -2.36. The fourth-order valence-electron chi connectivity index (χ4n) is 3.29. The number of H-pyrrole nitrogens is 1. The van der Waals surface area contributed by atoms with Crippen molar-refractivity contribution in [3.05, 3.63) is 54.2 Å². The smallest absolute Gasteiger partial charge is 0.325 e. The number of rotatable bonds is 8. The molecule has 1 aromatic carbocycles. The molecule has 0 spiro atoms. The number of hydrogen-bond donors (Lipinski definition) is 3. The minimum Gasteiger partial charge on any atom is -0.467 e. The van der Waals surface area contributed by atoms with Gasteiger partial charge in [-0.3, -0.25) is 14.5 Å². The highest BCUT2D eigenvalue weighted by molar-refractivity contribution is 6.05. The Morgan fingerprint density at radius 2 is 2.07 bits per heavy atom. The fraction of sp³-hybridized carbons (Fsp3) is 0.300. The lowest BCUT2D eigenvalue weighted by atomic mass is 10.2. The summed E-state index contributed by atoms with van der Waals surface area (Å²) in [4.78, 5) is 45.3. The van der Waals surface area contributed by atoms with Crippen LogP contribution >= 0.6 is 0 Å². The average Bonchev–Trinajstić information content (AvgIpc) is 3.42. The zero-order valence-electron chi connectivity index (χ0n) is 15.7. The molecule has 3 heterocycles. The van der Waals surface area contributed by atoms with Crippen LogP contribution in [0.15, 0.2) is 47.1 Å². The van der Waals surface area contributed by atoms with E-state index in [0.29, 0.717) is 25.1 Å². The van der Waals surface area contributed by atoms with E-state index in [-0.39, 0.29) is 18.9 Å². The second-order valence-corrected chi connectivity index (χ2v) is 6.86. The topological polar surface area (TPSA) is 120 Å². The van der Waals surface area contributed by atoms with Gasteiger partial charge in [-0.25, -0.2) is 9.78 Å². The summed E-state index contributed by atoms with van der Waals surface area (Å²) in [6.45, 7) is 0.508. The van der Waals surface area contributed by atoms with E-state index in [9.17, 15) is 14.4 Å². The van der Waals surface area contributed by atoms with E-state index in [1.54, 1.807) is 12.1 Å². The average molecular weight is 395 g/mol. The zero-order chi connectivity index (χ0) is 20.2. The fourth-order valence-corrected chi connectivity index (χ4v) is 3.29. The van der Waals surface area contributed by atoms with Gasteiger partial charge >= 0.3 is 6.03 Å². The molecular weight excluding hydrogens is 374 g/mol. The number of benzene rings is 1. The summed E-state index contributed by atoms with van der Waals surface area (Å²) < 4.78 is 5.17. The van der Waals surface area contributed by atoms with Gasteiger partial charge in [0, 0.05) is 13.0 Å². The lowest BCUT2D eigenvalue weighted by Gasteiger charge is -2.11. The molecule has 0 radical (unpaired) electrons. The summed E-state index contributed by atoms with van der Waals surface area (Å²) in [5.74, 6) is 0.661. The quantitative estimate of drug-likeness (QED) is 0.396. The number of furan rings is 1. The number of nitrogens with one attached hydrogen (secondary N) is 3. The van der Waals surface area contributed by atoms with E-state index in [0.717, 1.165) is 21.8 Å². The number of carbonyl (C=O) groups is 3. The summed E-state index contributed by atoms with van der Waals surface area (Å²) in [5, 5.41) is 5.34. The van der Waals surface area contributed by atoms with Crippen LogP contribution in [-0.2, 0) is 22.6 Å². The molecule has 1 aliphatic heterocycles. The van der Waals surface area contributed by atoms with Gasteiger partial charge < -0.3 is 20.0 Å². The number of imidazole rings is 1. The predicted molar refractivity (Wildman–Crippen MR) is 104 cm³/mol. The van der Waals surface area contributed by atoms with Crippen molar-refractivity contribution in [2.75, 3.05) is 6.54 Å².